The Morgan fingerprint density at radius 2 is 2.12 bits per heavy atom. The van der Waals surface area contributed by atoms with Gasteiger partial charge in [-0.3, -0.25) is 14.7 Å². The average Bonchev–Trinajstić information content (AvgIpc) is 2.74. The van der Waals surface area contributed by atoms with Gasteiger partial charge in [-0.15, -0.1) is 0 Å². The standard InChI is InChI=1S/C12H17N3O2/c1-8-11(7-13-14-8)12(17)15(2)9-3-5-10(16)6-4-9/h7,9H,3-6H2,1-2H3,(H,13,14). The number of carbonyl (C=O) groups excluding carboxylic acids is 2. The molecule has 1 saturated carbocycles. The summed E-state index contributed by atoms with van der Waals surface area (Å²) in [4.78, 5) is 25.1. The number of hydrogen-bond donors (Lipinski definition) is 1. The highest BCUT2D eigenvalue weighted by atomic mass is 16.2. The Morgan fingerprint density at radius 1 is 1.47 bits per heavy atom. The van der Waals surface area contributed by atoms with Crippen LogP contribution in [0, 0.1) is 6.92 Å². The first-order valence-electron chi connectivity index (χ1n) is 5.88. The third-order valence-corrected chi connectivity index (χ3v) is 3.44. The van der Waals surface area contributed by atoms with Crippen molar-refractivity contribution in [3.8, 4) is 0 Å². The SMILES string of the molecule is Cc1[nH]ncc1C(=O)N(C)C1CCC(=O)CC1. The predicted octanol–water partition coefficient (Wildman–Crippen LogP) is 1.30. The summed E-state index contributed by atoms with van der Waals surface area (Å²) in [5.41, 5.74) is 1.40. The van der Waals surface area contributed by atoms with Crippen LogP contribution >= 0.6 is 0 Å². The highest BCUT2D eigenvalue weighted by Crippen LogP contribution is 2.21. The van der Waals surface area contributed by atoms with Gasteiger partial charge in [0.15, 0.2) is 0 Å². The zero-order valence-electron chi connectivity index (χ0n) is 10.2. The van der Waals surface area contributed by atoms with Crippen LogP contribution in [0.5, 0.6) is 0 Å². The highest BCUT2D eigenvalue weighted by Gasteiger charge is 2.26. The monoisotopic (exact) mass is 235 g/mol. The van der Waals surface area contributed by atoms with Crippen LogP contribution in [0.15, 0.2) is 6.20 Å². The van der Waals surface area contributed by atoms with Crippen LogP contribution in [0.2, 0.25) is 0 Å². The number of aromatic nitrogens is 2. The first-order chi connectivity index (χ1) is 8.09. The number of aryl methyl sites for hydroxylation is 1. The number of amides is 1. The highest BCUT2D eigenvalue weighted by molar-refractivity contribution is 5.95. The molecule has 1 N–H and O–H groups in total. The lowest BCUT2D eigenvalue weighted by Crippen LogP contribution is -2.39. The second kappa shape index (κ2) is 4.69. The van der Waals surface area contributed by atoms with Crippen molar-refractivity contribution in [1.82, 2.24) is 15.1 Å². The Labute approximate surface area is 100 Å². The van der Waals surface area contributed by atoms with Crippen molar-refractivity contribution in [3.05, 3.63) is 17.5 Å². The van der Waals surface area contributed by atoms with Crippen molar-refractivity contribution in [3.63, 3.8) is 0 Å². The van der Waals surface area contributed by atoms with E-state index in [0.29, 0.717) is 24.2 Å². The van der Waals surface area contributed by atoms with Gasteiger partial charge in [0, 0.05) is 31.6 Å². The van der Waals surface area contributed by atoms with E-state index in [0.717, 1.165) is 18.5 Å². The first kappa shape index (κ1) is 11.8. The van der Waals surface area contributed by atoms with Gasteiger partial charge in [-0.1, -0.05) is 0 Å². The molecule has 1 amide bonds. The summed E-state index contributed by atoms with van der Waals surface area (Å²) in [6.45, 7) is 1.83. The average molecular weight is 235 g/mol. The molecule has 0 radical (unpaired) electrons. The molecule has 0 bridgehead atoms. The van der Waals surface area contributed by atoms with E-state index in [1.165, 1.54) is 0 Å². The molecule has 5 nitrogen and oxygen atoms in total. The van der Waals surface area contributed by atoms with Gasteiger partial charge < -0.3 is 4.90 Å². The molecule has 0 unspecified atom stereocenters. The molecule has 0 spiro atoms. The number of ketones is 1. The van der Waals surface area contributed by atoms with Crippen molar-refractivity contribution < 1.29 is 9.59 Å². The maximum atomic E-state index is 12.2. The summed E-state index contributed by atoms with van der Waals surface area (Å²) in [6, 6.07) is 0.175. The quantitative estimate of drug-likeness (QED) is 0.840. The lowest BCUT2D eigenvalue weighted by molar-refractivity contribution is -0.121. The zero-order valence-corrected chi connectivity index (χ0v) is 10.2. The molecule has 0 atom stereocenters. The van der Waals surface area contributed by atoms with Gasteiger partial charge in [0.05, 0.1) is 11.8 Å². The summed E-state index contributed by atoms with van der Waals surface area (Å²) in [7, 11) is 1.80. The van der Waals surface area contributed by atoms with Crippen molar-refractivity contribution >= 4 is 11.7 Å². The molecule has 2 rings (SSSR count). The Bertz CT molecular complexity index is 429. The van der Waals surface area contributed by atoms with Gasteiger partial charge in [0.25, 0.3) is 5.91 Å². The molecule has 17 heavy (non-hydrogen) atoms. The molecule has 1 heterocycles. The number of nitrogens with zero attached hydrogens (tertiary/aromatic N) is 2. The van der Waals surface area contributed by atoms with Crippen molar-refractivity contribution in [2.24, 2.45) is 0 Å². The predicted molar refractivity (Wildman–Crippen MR) is 62.7 cm³/mol. The van der Waals surface area contributed by atoms with E-state index >= 15 is 0 Å². The Kier molecular flexibility index (Phi) is 3.26. The molecular weight excluding hydrogens is 218 g/mol. The largest absolute Gasteiger partial charge is 0.339 e. The Hall–Kier alpha value is -1.65. The third kappa shape index (κ3) is 2.38. The molecule has 0 aliphatic heterocycles. The molecule has 92 valence electrons. The maximum absolute atomic E-state index is 12.2. The minimum atomic E-state index is -0.0180. The first-order valence-corrected chi connectivity index (χ1v) is 5.88. The molecule has 1 aromatic rings. The topological polar surface area (TPSA) is 66.1 Å². The second-order valence-electron chi connectivity index (χ2n) is 4.59. The fourth-order valence-electron chi connectivity index (χ4n) is 2.23. The molecule has 5 heteroatoms. The van der Waals surface area contributed by atoms with E-state index in [9.17, 15) is 9.59 Å². The Morgan fingerprint density at radius 3 is 2.65 bits per heavy atom. The molecule has 0 aromatic carbocycles. The van der Waals surface area contributed by atoms with Gasteiger partial charge in [-0.05, 0) is 19.8 Å². The van der Waals surface area contributed by atoms with Crippen molar-refractivity contribution in [1.29, 1.82) is 0 Å². The van der Waals surface area contributed by atoms with Gasteiger partial charge in [0.2, 0.25) is 0 Å². The molecular formula is C12H17N3O2. The number of carbonyl (C=O) groups is 2. The van der Waals surface area contributed by atoms with E-state index in [4.69, 9.17) is 0 Å². The van der Waals surface area contributed by atoms with E-state index in [2.05, 4.69) is 10.2 Å². The van der Waals surface area contributed by atoms with Crippen LogP contribution in [0.1, 0.15) is 41.7 Å². The molecule has 1 aliphatic rings. The summed E-state index contributed by atoms with van der Waals surface area (Å²) >= 11 is 0. The van der Waals surface area contributed by atoms with Crippen LogP contribution in [-0.2, 0) is 4.79 Å². The van der Waals surface area contributed by atoms with Crippen LogP contribution in [0.25, 0.3) is 0 Å². The summed E-state index contributed by atoms with van der Waals surface area (Å²) in [5.74, 6) is 0.289. The molecule has 1 aliphatic carbocycles. The number of aromatic amines is 1. The van der Waals surface area contributed by atoms with Gasteiger partial charge in [0.1, 0.15) is 5.78 Å². The van der Waals surface area contributed by atoms with E-state index in [1.807, 2.05) is 6.92 Å². The van der Waals surface area contributed by atoms with Crippen molar-refractivity contribution in [2.45, 2.75) is 38.6 Å². The lowest BCUT2D eigenvalue weighted by atomic mass is 9.93. The van der Waals surface area contributed by atoms with Gasteiger partial charge >= 0.3 is 0 Å². The zero-order chi connectivity index (χ0) is 12.4. The number of Topliss-reactive ketones (excluding diaryl/α,β-unsaturated/α-hetero) is 1. The van der Waals surface area contributed by atoms with Crippen LogP contribution < -0.4 is 0 Å². The number of rotatable bonds is 2. The van der Waals surface area contributed by atoms with Crippen LogP contribution in [-0.4, -0.2) is 39.9 Å². The number of H-pyrrole nitrogens is 1. The summed E-state index contributed by atoms with van der Waals surface area (Å²) in [6.07, 6.45) is 4.29. The van der Waals surface area contributed by atoms with Crippen LogP contribution in [0.3, 0.4) is 0 Å². The van der Waals surface area contributed by atoms with Crippen molar-refractivity contribution in [2.75, 3.05) is 7.05 Å². The van der Waals surface area contributed by atoms with Crippen LogP contribution in [0.4, 0.5) is 0 Å². The fraction of sp³-hybridized carbons (Fsp3) is 0.583. The maximum Gasteiger partial charge on any atom is 0.257 e. The number of hydrogen-bond acceptors (Lipinski definition) is 3. The molecule has 1 aromatic heterocycles. The number of nitrogens with one attached hydrogen (secondary N) is 1. The Balaban J connectivity index is 2.05. The van der Waals surface area contributed by atoms with Gasteiger partial charge in [-0.2, -0.15) is 5.10 Å². The van der Waals surface area contributed by atoms with E-state index in [-0.39, 0.29) is 11.9 Å². The molecule has 0 saturated heterocycles. The fourth-order valence-corrected chi connectivity index (χ4v) is 2.23. The molecule has 1 fully saturated rings. The summed E-state index contributed by atoms with van der Waals surface area (Å²) < 4.78 is 0. The van der Waals surface area contributed by atoms with E-state index in [1.54, 1.807) is 18.1 Å². The lowest BCUT2D eigenvalue weighted by Gasteiger charge is -2.30. The third-order valence-electron chi connectivity index (χ3n) is 3.44. The minimum absolute atomic E-state index is 0.0180. The van der Waals surface area contributed by atoms with Gasteiger partial charge in [-0.25, -0.2) is 0 Å². The summed E-state index contributed by atoms with van der Waals surface area (Å²) in [5, 5.41) is 6.62. The normalized spacial score (nSPS) is 17.2. The minimum Gasteiger partial charge on any atom is -0.339 e. The smallest absolute Gasteiger partial charge is 0.257 e. The second-order valence-corrected chi connectivity index (χ2v) is 4.59. The van der Waals surface area contributed by atoms with E-state index < -0.39 is 0 Å².